The third kappa shape index (κ3) is 4.32. The molecule has 0 fully saturated rings. The van der Waals surface area contributed by atoms with Crippen LogP contribution in [0.25, 0.3) is 11.1 Å². The fourth-order valence-electron chi connectivity index (χ4n) is 2.29. The van der Waals surface area contributed by atoms with E-state index in [1.165, 1.54) is 12.1 Å². The molecule has 10 heteroatoms. The number of esters is 1. The molecule has 2 rings (SSSR count). The van der Waals surface area contributed by atoms with E-state index in [4.69, 9.17) is 9.94 Å². The molecule has 27 heavy (non-hydrogen) atoms. The standard InChI is InChI=1S/C17H11Br2N3O5/c1-2-14(23)27-17-13(18)6-10(8-21-24)15(16(17)19)12-4-3-11(22(25)26)5-9(12)7-20/h3-6,8,24H,2H2,1H3. The average Bonchev–Trinajstić information content (AvgIpc) is 2.64. The van der Waals surface area contributed by atoms with Crippen LogP contribution in [0, 0.1) is 21.4 Å². The van der Waals surface area contributed by atoms with E-state index in [0.29, 0.717) is 25.6 Å². The lowest BCUT2D eigenvalue weighted by molar-refractivity contribution is -0.384. The lowest BCUT2D eigenvalue weighted by Gasteiger charge is -2.16. The Morgan fingerprint density at radius 2 is 2.15 bits per heavy atom. The first-order valence-corrected chi connectivity index (χ1v) is 9.01. The molecule has 0 atom stereocenters. The SMILES string of the molecule is CCC(=O)Oc1c(Br)cc(C=NO)c(-c2ccc([N+](=O)[O-])cc2C#N)c1Br. The maximum absolute atomic E-state index is 11.7. The van der Waals surface area contributed by atoms with Gasteiger partial charge in [-0.25, -0.2) is 0 Å². The molecule has 138 valence electrons. The summed E-state index contributed by atoms with van der Waals surface area (Å²) < 4.78 is 6.06. The molecule has 0 aliphatic carbocycles. The Morgan fingerprint density at radius 3 is 2.70 bits per heavy atom. The van der Waals surface area contributed by atoms with Crippen molar-refractivity contribution in [2.24, 2.45) is 5.16 Å². The highest BCUT2D eigenvalue weighted by Crippen LogP contribution is 2.44. The Hall–Kier alpha value is -2.77. The van der Waals surface area contributed by atoms with Gasteiger partial charge in [-0.3, -0.25) is 14.9 Å². The van der Waals surface area contributed by atoms with E-state index in [0.717, 1.165) is 12.3 Å². The molecule has 0 unspecified atom stereocenters. The summed E-state index contributed by atoms with van der Waals surface area (Å²) >= 11 is 6.66. The second-order valence-corrected chi connectivity index (χ2v) is 6.78. The highest BCUT2D eigenvalue weighted by Gasteiger charge is 2.22. The van der Waals surface area contributed by atoms with E-state index in [1.54, 1.807) is 13.0 Å². The van der Waals surface area contributed by atoms with Crippen LogP contribution in [0.1, 0.15) is 24.5 Å². The van der Waals surface area contributed by atoms with Gasteiger partial charge < -0.3 is 9.94 Å². The zero-order valence-electron chi connectivity index (χ0n) is 13.8. The molecule has 0 saturated carbocycles. The van der Waals surface area contributed by atoms with E-state index < -0.39 is 10.9 Å². The van der Waals surface area contributed by atoms with E-state index in [9.17, 15) is 20.2 Å². The number of hydrogen-bond acceptors (Lipinski definition) is 7. The third-order valence-electron chi connectivity index (χ3n) is 3.51. The molecule has 0 aromatic heterocycles. The number of benzene rings is 2. The molecule has 0 radical (unpaired) electrons. The van der Waals surface area contributed by atoms with Crippen LogP contribution in [0.2, 0.25) is 0 Å². The number of ether oxygens (including phenoxy) is 1. The van der Waals surface area contributed by atoms with Crippen molar-refractivity contribution in [3.8, 4) is 22.9 Å². The van der Waals surface area contributed by atoms with Crippen molar-refractivity contribution in [2.75, 3.05) is 0 Å². The second-order valence-electron chi connectivity index (χ2n) is 5.14. The number of nitriles is 1. The lowest BCUT2D eigenvalue weighted by Crippen LogP contribution is -2.08. The fraction of sp³-hybridized carbons (Fsp3) is 0.118. The third-order valence-corrected chi connectivity index (χ3v) is 4.86. The molecule has 0 aliphatic heterocycles. The van der Waals surface area contributed by atoms with Gasteiger partial charge in [-0.2, -0.15) is 5.26 Å². The first kappa shape index (κ1) is 20.5. The van der Waals surface area contributed by atoms with Crippen molar-refractivity contribution < 1.29 is 19.7 Å². The van der Waals surface area contributed by atoms with Crippen molar-refractivity contribution >= 4 is 49.7 Å². The van der Waals surface area contributed by atoms with Crippen molar-refractivity contribution in [3.05, 3.63) is 54.5 Å². The molecule has 0 heterocycles. The maximum Gasteiger partial charge on any atom is 0.310 e. The summed E-state index contributed by atoms with van der Waals surface area (Å²) in [5.41, 5.74) is 0.900. The number of oxime groups is 1. The Labute approximate surface area is 170 Å². The Bertz CT molecular complexity index is 999. The molecule has 0 bridgehead atoms. The summed E-state index contributed by atoms with van der Waals surface area (Å²) in [7, 11) is 0. The molecule has 2 aromatic rings. The maximum atomic E-state index is 11.7. The molecule has 0 saturated heterocycles. The predicted octanol–water partition coefficient (Wildman–Crippen LogP) is 4.78. The van der Waals surface area contributed by atoms with Crippen molar-refractivity contribution in [3.63, 3.8) is 0 Å². The number of halogens is 2. The van der Waals surface area contributed by atoms with Gasteiger partial charge >= 0.3 is 5.97 Å². The number of nitro groups is 1. The Balaban J connectivity index is 2.82. The number of rotatable bonds is 5. The Morgan fingerprint density at radius 1 is 1.44 bits per heavy atom. The van der Waals surface area contributed by atoms with E-state index in [-0.39, 0.29) is 23.4 Å². The smallest absolute Gasteiger partial charge is 0.310 e. The summed E-state index contributed by atoms with van der Waals surface area (Å²) in [4.78, 5) is 22.1. The van der Waals surface area contributed by atoms with Gasteiger partial charge in [0.2, 0.25) is 0 Å². The summed E-state index contributed by atoms with van der Waals surface area (Å²) in [6.07, 6.45) is 1.29. The van der Waals surface area contributed by atoms with Crippen LogP contribution < -0.4 is 4.74 Å². The molecular formula is C17H11Br2N3O5. The van der Waals surface area contributed by atoms with Crippen molar-refractivity contribution in [2.45, 2.75) is 13.3 Å². The highest BCUT2D eigenvalue weighted by atomic mass is 79.9. The second kappa shape index (κ2) is 8.75. The molecule has 0 aliphatic rings. The minimum Gasteiger partial charge on any atom is -0.424 e. The highest BCUT2D eigenvalue weighted by molar-refractivity contribution is 9.11. The number of nitro benzene ring substituents is 1. The monoisotopic (exact) mass is 495 g/mol. The largest absolute Gasteiger partial charge is 0.424 e. The first-order valence-electron chi connectivity index (χ1n) is 7.43. The van der Waals surface area contributed by atoms with Crippen LogP contribution in [0.3, 0.4) is 0 Å². The predicted molar refractivity (Wildman–Crippen MR) is 104 cm³/mol. The van der Waals surface area contributed by atoms with E-state index in [2.05, 4.69) is 37.0 Å². The van der Waals surface area contributed by atoms with Crippen LogP contribution in [-0.4, -0.2) is 22.3 Å². The van der Waals surface area contributed by atoms with E-state index >= 15 is 0 Å². The molecule has 0 spiro atoms. The van der Waals surface area contributed by atoms with Crippen LogP contribution in [0.15, 0.2) is 38.4 Å². The first-order chi connectivity index (χ1) is 12.8. The number of non-ortho nitro benzene ring substituents is 1. The summed E-state index contributed by atoms with van der Waals surface area (Å²) in [5, 5.41) is 32.4. The minimum atomic E-state index is -0.605. The quantitative estimate of drug-likeness (QED) is 0.158. The minimum absolute atomic E-state index is 0.0348. The number of carbonyl (C=O) groups excluding carboxylic acids is 1. The van der Waals surface area contributed by atoms with Gasteiger partial charge in [-0.05, 0) is 44.0 Å². The molecule has 2 aromatic carbocycles. The zero-order valence-corrected chi connectivity index (χ0v) is 16.9. The van der Waals surface area contributed by atoms with Gasteiger partial charge in [-0.1, -0.05) is 12.1 Å². The van der Waals surface area contributed by atoms with Gasteiger partial charge in [0, 0.05) is 35.2 Å². The normalized spacial score (nSPS) is 10.6. The topological polar surface area (TPSA) is 126 Å². The number of carbonyl (C=O) groups is 1. The lowest BCUT2D eigenvalue weighted by atomic mass is 9.95. The average molecular weight is 497 g/mol. The molecule has 8 nitrogen and oxygen atoms in total. The molecule has 0 amide bonds. The van der Waals surface area contributed by atoms with Crippen LogP contribution in [-0.2, 0) is 4.79 Å². The fourth-order valence-corrected chi connectivity index (χ4v) is 3.82. The summed E-state index contributed by atoms with van der Waals surface area (Å²) in [6, 6.07) is 7.26. The number of nitrogens with zero attached hydrogens (tertiary/aromatic N) is 3. The number of hydrogen-bond donors (Lipinski definition) is 1. The van der Waals surface area contributed by atoms with Gasteiger partial charge in [0.1, 0.15) is 6.07 Å². The van der Waals surface area contributed by atoms with Crippen LogP contribution in [0.5, 0.6) is 5.75 Å². The Kier molecular flexibility index (Phi) is 6.65. The van der Waals surface area contributed by atoms with Crippen LogP contribution in [0.4, 0.5) is 5.69 Å². The van der Waals surface area contributed by atoms with E-state index in [1.807, 2.05) is 6.07 Å². The van der Waals surface area contributed by atoms with Gasteiger partial charge in [0.15, 0.2) is 5.75 Å². The summed E-state index contributed by atoms with van der Waals surface area (Å²) in [5.74, 6) is -0.302. The molecule has 1 N–H and O–H groups in total. The van der Waals surface area contributed by atoms with Crippen molar-refractivity contribution in [1.29, 1.82) is 5.26 Å². The van der Waals surface area contributed by atoms with Gasteiger partial charge in [0.05, 0.1) is 25.6 Å². The van der Waals surface area contributed by atoms with Gasteiger partial charge in [-0.15, -0.1) is 0 Å². The van der Waals surface area contributed by atoms with Gasteiger partial charge in [0.25, 0.3) is 5.69 Å². The zero-order chi connectivity index (χ0) is 20.1. The molecular weight excluding hydrogens is 486 g/mol. The van der Waals surface area contributed by atoms with Crippen molar-refractivity contribution in [1.82, 2.24) is 0 Å². The van der Waals surface area contributed by atoms with Crippen LogP contribution >= 0.6 is 31.9 Å². The summed E-state index contributed by atoms with van der Waals surface area (Å²) in [6.45, 7) is 1.64.